The Hall–Kier alpha value is -1.64. The number of sulfonamides is 1. The van der Waals surface area contributed by atoms with Crippen molar-refractivity contribution >= 4 is 33.5 Å². The Labute approximate surface area is 152 Å². The third-order valence-electron chi connectivity index (χ3n) is 4.00. The zero-order chi connectivity index (χ0) is 18.4. The molecule has 1 amide bonds. The Kier molecular flexibility index (Phi) is 6.80. The quantitative estimate of drug-likeness (QED) is 0.776. The van der Waals surface area contributed by atoms with E-state index < -0.39 is 21.9 Å². The van der Waals surface area contributed by atoms with E-state index in [1.54, 1.807) is 0 Å². The summed E-state index contributed by atoms with van der Waals surface area (Å²) in [5, 5.41) is 2.44. The van der Waals surface area contributed by atoms with Crippen molar-refractivity contribution in [1.29, 1.82) is 0 Å². The fourth-order valence-electron chi connectivity index (χ4n) is 2.59. The van der Waals surface area contributed by atoms with Gasteiger partial charge in [0.25, 0.3) is 5.91 Å². The molecule has 1 saturated heterocycles. The molecular formula is C16H21ClN2O5S. The Morgan fingerprint density at radius 3 is 2.44 bits per heavy atom. The number of benzene rings is 1. The highest BCUT2D eigenvalue weighted by atomic mass is 35.5. The lowest BCUT2D eigenvalue weighted by Gasteiger charge is -2.21. The second kappa shape index (κ2) is 8.64. The van der Waals surface area contributed by atoms with Gasteiger partial charge in [-0.15, -0.1) is 0 Å². The zero-order valence-electron chi connectivity index (χ0n) is 14.0. The van der Waals surface area contributed by atoms with Gasteiger partial charge in [0.1, 0.15) is 11.4 Å². The first kappa shape index (κ1) is 19.7. The van der Waals surface area contributed by atoms with E-state index in [0.29, 0.717) is 13.1 Å². The van der Waals surface area contributed by atoms with Gasteiger partial charge in [0, 0.05) is 18.7 Å². The number of methoxy groups -OCH3 is 1. The number of rotatable bonds is 5. The summed E-state index contributed by atoms with van der Waals surface area (Å²) in [5.74, 6) is -1.17. The van der Waals surface area contributed by atoms with Gasteiger partial charge in [-0.2, -0.15) is 4.31 Å². The van der Waals surface area contributed by atoms with Crippen molar-refractivity contribution in [3.63, 3.8) is 0 Å². The van der Waals surface area contributed by atoms with E-state index >= 15 is 0 Å². The summed E-state index contributed by atoms with van der Waals surface area (Å²) in [6.45, 7) is 0.584. The van der Waals surface area contributed by atoms with E-state index in [4.69, 9.17) is 11.6 Å². The van der Waals surface area contributed by atoms with Crippen molar-refractivity contribution in [1.82, 2.24) is 9.62 Å². The van der Waals surface area contributed by atoms with Crippen molar-refractivity contribution in [2.75, 3.05) is 26.7 Å². The van der Waals surface area contributed by atoms with Crippen LogP contribution in [0.4, 0.5) is 0 Å². The second-order valence-electron chi connectivity index (χ2n) is 5.72. The van der Waals surface area contributed by atoms with Crippen LogP contribution in [0.3, 0.4) is 0 Å². The monoisotopic (exact) mass is 388 g/mol. The number of nitrogens with zero attached hydrogens (tertiary/aromatic N) is 1. The van der Waals surface area contributed by atoms with Crippen molar-refractivity contribution < 1.29 is 22.7 Å². The number of carbonyl (C=O) groups is 2. The molecular weight excluding hydrogens is 368 g/mol. The summed E-state index contributed by atoms with van der Waals surface area (Å²) in [6.07, 6.45) is 3.60. The Bertz CT molecular complexity index is 743. The summed E-state index contributed by atoms with van der Waals surface area (Å²) in [5.41, 5.74) is 0.113. The van der Waals surface area contributed by atoms with Crippen molar-refractivity contribution in [3.05, 3.63) is 28.8 Å². The highest BCUT2D eigenvalue weighted by molar-refractivity contribution is 7.89. The number of esters is 1. The molecule has 0 radical (unpaired) electrons. The minimum absolute atomic E-state index is 0.0637. The van der Waals surface area contributed by atoms with Gasteiger partial charge in [0.15, 0.2) is 0 Å². The van der Waals surface area contributed by atoms with Crippen LogP contribution in [-0.2, 0) is 19.6 Å². The van der Waals surface area contributed by atoms with Gasteiger partial charge >= 0.3 is 5.97 Å². The maximum absolute atomic E-state index is 12.9. The molecule has 138 valence electrons. The molecule has 0 unspecified atom stereocenters. The predicted octanol–water partition coefficient (Wildman–Crippen LogP) is 1.81. The number of hydrogen-bond acceptors (Lipinski definition) is 5. The molecule has 0 aliphatic carbocycles. The van der Waals surface area contributed by atoms with Crippen molar-refractivity contribution in [2.24, 2.45) is 0 Å². The van der Waals surface area contributed by atoms with Crippen LogP contribution in [-0.4, -0.2) is 51.3 Å². The molecule has 0 atom stereocenters. The van der Waals surface area contributed by atoms with Gasteiger partial charge in [-0.1, -0.05) is 24.4 Å². The molecule has 1 aromatic rings. The van der Waals surface area contributed by atoms with E-state index in [2.05, 4.69) is 10.1 Å². The molecule has 1 aromatic carbocycles. The largest absolute Gasteiger partial charge is 0.468 e. The van der Waals surface area contributed by atoms with Crippen LogP contribution in [0.2, 0.25) is 5.02 Å². The zero-order valence-corrected chi connectivity index (χ0v) is 15.5. The van der Waals surface area contributed by atoms with E-state index in [1.165, 1.54) is 29.6 Å². The van der Waals surface area contributed by atoms with Gasteiger partial charge < -0.3 is 10.1 Å². The van der Waals surface area contributed by atoms with Crippen molar-refractivity contribution in [2.45, 2.75) is 30.6 Å². The van der Waals surface area contributed by atoms with E-state index in [-0.39, 0.29) is 22.0 Å². The summed E-state index contributed by atoms with van der Waals surface area (Å²) < 4.78 is 31.6. The van der Waals surface area contributed by atoms with Crippen LogP contribution in [0, 0.1) is 0 Å². The van der Waals surface area contributed by atoms with Crippen molar-refractivity contribution in [3.8, 4) is 0 Å². The lowest BCUT2D eigenvalue weighted by molar-refractivity contribution is -0.139. The van der Waals surface area contributed by atoms with Crippen LogP contribution in [0.15, 0.2) is 23.1 Å². The fourth-order valence-corrected chi connectivity index (χ4v) is 4.61. The Morgan fingerprint density at radius 1 is 1.20 bits per heavy atom. The van der Waals surface area contributed by atoms with Gasteiger partial charge in [-0.05, 0) is 31.0 Å². The molecule has 1 heterocycles. The Morgan fingerprint density at radius 2 is 1.84 bits per heavy atom. The molecule has 0 spiro atoms. The van der Waals surface area contributed by atoms with E-state index in [9.17, 15) is 18.0 Å². The molecule has 1 fully saturated rings. The van der Waals surface area contributed by atoms with Gasteiger partial charge in [-0.3, -0.25) is 9.59 Å². The summed E-state index contributed by atoms with van der Waals surface area (Å²) in [7, 11) is -2.57. The van der Waals surface area contributed by atoms with E-state index in [0.717, 1.165) is 25.7 Å². The average Bonchev–Trinajstić information content (AvgIpc) is 2.89. The number of nitrogens with one attached hydrogen (secondary N) is 1. The number of hydrogen-bond donors (Lipinski definition) is 1. The lowest BCUT2D eigenvalue weighted by Crippen LogP contribution is -2.33. The maximum Gasteiger partial charge on any atom is 0.325 e. The second-order valence-corrected chi connectivity index (χ2v) is 8.04. The smallest absolute Gasteiger partial charge is 0.325 e. The standard InChI is InChI=1S/C16H21ClN2O5S/c1-24-15(20)11-18-16(21)12-6-7-13(17)14(10-12)25(22,23)19-8-4-2-3-5-9-19/h6-7,10H,2-5,8-9,11H2,1H3,(H,18,21). The minimum Gasteiger partial charge on any atom is -0.468 e. The molecule has 1 aliphatic rings. The number of ether oxygens (including phenoxy) is 1. The number of halogens is 1. The normalized spacial score (nSPS) is 16.1. The number of carbonyl (C=O) groups excluding carboxylic acids is 2. The molecule has 0 saturated carbocycles. The summed E-state index contributed by atoms with van der Waals surface area (Å²) in [4.78, 5) is 23.1. The first-order valence-corrected chi connectivity index (χ1v) is 9.83. The van der Waals surface area contributed by atoms with Crippen LogP contribution in [0.25, 0.3) is 0 Å². The third-order valence-corrected chi connectivity index (χ3v) is 6.38. The highest BCUT2D eigenvalue weighted by Crippen LogP contribution is 2.27. The first-order valence-electron chi connectivity index (χ1n) is 8.01. The third kappa shape index (κ3) is 4.93. The maximum atomic E-state index is 12.9. The minimum atomic E-state index is -3.78. The first-order chi connectivity index (χ1) is 11.9. The highest BCUT2D eigenvalue weighted by Gasteiger charge is 2.28. The van der Waals surface area contributed by atoms with Crippen LogP contribution in [0.5, 0.6) is 0 Å². The SMILES string of the molecule is COC(=O)CNC(=O)c1ccc(Cl)c(S(=O)(=O)N2CCCCCC2)c1. The van der Waals surface area contributed by atoms with Gasteiger partial charge in [-0.25, -0.2) is 8.42 Å². The summed E-state index contributed by atoms with van der Waals surface area (Å²) >= 11 is 6.08. The predicted molar refractivity (Wildman–Crippen MR) is 93.0 cm³/mol. The fraction of sp³-hybridized carbons (Fsp3) is 0.500. The topological polar surface area (TPSA) is 92.8 Å². The molecule has 9 heteroatoms. The molecule has 1 aliphatic heterocycles. The molecule has 7 nitrogen and oxygen atoms in total. The molecule has 0 bridgehead atoms. The van der Waals surface area contributed by atoms with Gasteiger partial charge in [0.2, 0.25) is 10.0 Å². The van der Waals surface area contributed by atoms with E-state index in [1.807, 2.05) is 0 Å². The lowest BCUT2D eigenvalue weighted by atomic mass is 10.2. The average molecular weight is 389 g/mol. The summed E-state index contributed by atoms with van der Waals surface area (Å²) in [6, 6.07) is 4.03. The molecule has 1 N–H and O–H groups in total. The van der Waals surface area contributed by atoms with Gasteiger partial charge in [0.05, 0.1) is 12.1 Å². The number of amides is 1. The van der Waals surface area contributed by atoms with Crippen LogP contribution in [0.1, 0.15) is 36.0 Å². The Balaban J connectivity index is 2.25. The van der Waals surface area contributed by atoms with Crippen LogP contribution < -0.4 is 5.32 Å². The molecule has 2 rings (SSSR count). The van der Waals surface area contributed by atoms with Crippen LogP contribution >= 0.6 is 11.6 Å². The molecule has 25 heavy (non-hydrogen) atoms. The molecule has 0 aromatic heterocycles.